The van der Waals surface area contributed by atoms with Crippen molar-refractivity contribution in [3.05, 3.63) is 96.6 Å². The summed E-state index contributed by atoms with van der Waals surface area (Å²) in [6.45, 7) is 3.10. The Morgan fingerprint density at radius 2 is 1.80 bits per heavy atom. The topological polar surface area (TPSA) is 33.1 Å². The summed E-state index contributed by atoms with van der Waals surface area (Å²) in [5.41, 5.74) is 3.37. The van der Waals surface area contributed by atoms with Crippen LogP contribution in [0.3, 0.4) is 0 Å². The number of aromatic nitrogens is 2. The van der Waals surface area contributed by atoms with Crippen molar-refractivity contribution >= 4 is 28.1 Å². The van der Waals surface area contributed by atoms with E-state index in [0.29, 0.717) is 0 Å². The van der Waals surface area contributed by atoms with Crippen molar-refractivity contribution in [2.45, 2.75) is 25.4 Å². The van der Waals surface area contributed by atoms with Gasteiger partial charge in [0.25, 0.3) is 0 Å². The third kappa shape index (κ3) is 3.25. The molecule has 2 aromatic heterocycles. The van der Waals surface area contributed by atoms with Gasteiger partial charge in [0.15, 0.2) is 5.11 Å². The zero-order chi connectivity index (χ0) is 20.5. The Bertz CT molecular complexity index is 1180. The molecule has 4 aromatic rings. The summed E-state index contributed by atoms with van der Waals surface area (Å²) in [7, 11) is 0. The Hall–Kier alpha value is -3.18. The molecule has 1 saturated heterocycles. The van der Waals surface area contributed by atoms with Gasteiger partial charge in [0.05, 0.1) is 17.8 Å². The number of pyridine rings is 1. The molecule has 0 spiro atoms. The summed E-state index contributed by atoms with van der Waals surface area (Å²) in [5, 5.41) is 6.81. The molecule has 0 saturated carbocycles. The van der Waals surface area contributed by atoms with E-state index in [1.807, 2.05) is 18.3 Å². The number of hydrogen-bond donors (Lipinski definition) is 1. The Kier molecular flexibility index (Phi) is 4.97. The smallest absolute Gasteiger partial charge is 0.170 e. The predicted molar refractivity (Wildman–Crippen MR) is 126 cm³/mol. The number of thiocarbonyl (C=S) groups is 1. The second-order valence-electron chi connectivity index (χ2n) is 7.65. The molecule has 1 N–H and O–H groups in total. The molecule has 0 amide bonds. The number of benzene rings is 2. The minimum atomic E-state index is 0.0133. The Morgan fingerprint density at radius 1 is 0.967 bits per heavy atom. The molecule has 2 aromatic carbocycles. The van der Waals surface area contributed by atoms with Crippen LogP contribution in [0.25, 0.3) is 16.5 Å². The van der Waals surface area contributed by atoms with Crippen LogP contribution in [-0.4, -0.2) is 26.1 Å². The van der Waals surface area contributed by atoms with E-state index in [9.17, 15) is 0 Å². The van der Waals surface area contributed by atoms with Gasteiger partial charge in [0, 0.05) is 30.3 Å². The maximum absolute atomic E-state index is 5.73. The number of nitrogens with one attached hydrogen (secondary N) is 1. The first-order chi connectivity index (χ1) is 14.8. The highest BCUT2D eigenvalue weighted by atomic mass is 32.1. The van der Waals surface area contributed by atoms with Gasteiger partial charge in [-0.25, -0.2) is 0 Å². The number of nitrogens with zero attached hydrogens (tertiary/aromatic N) is 3. The van der Waals surface area contributed by atoms with Crippen molar-refractivity contribution < 1.29 is 0 Å². The highest BCUT2D eigenvalue weighted by Gasteiger charge is 2.40. The number of fused-ring (bicyclic) bond motifs is 1. The van der Waals surface area contributed by atoms with Crippen LogP contribution >= 0.6 is 12.2 Å². The van der Waals surface area contributed by atoms with Crippen LogP contribution in [-0.2, 0) is 0 Å². The average Bonchev–Trinajstić information content (AvgIpc) is 3.39. The lowest BCUT2D eigenvalue weighted by molar-refractivity contribution is 0.309. The molecule has 2 atom stereocenters. The first-order valence-electron chi connectivity index (χ1n) is 10.4. The van der Waals surface area contributed by atoms with Crippen LogP contribution in [0.5, 0.6) is 0 Å². The highest BCUT2D eigenvalue weighted by molar-refractivity contribution is 7.80. The fraction of sp³-hybridized carbons (Fsp3) is 0.200. The van der Waals surface area contributed by atoms with E-state index in [1.165, 1.54) is 16.5 Å². The molecule has 0 bridgehead atoms. The SMILES string of the molecule is CCCN1C(=S)N[C@H](c2ccccn2)[C@H]1c1cccn1-c1ccc2ccccc2c1. The Morgan fingerprint density at radius 3 is 2.60 bits per heavy atom. The molecule has 30 heavy (non-hydrogen) atoms. The molecule has 0 aliphatic carbocycles. The normalized spacial score (nSPS) is 18.7. The first kappa shape index (κ1) is 18.8. The molecule has 4 nitrogen and oxygen atoms in total. The molecular formula is C25H24N4S. The minimum absolute atomic E-state index is 0.0133. The zero-order valence-electron chi connectivity index (χ0n) is 16.9. The Labute approximate surface area is 182 Å². The van der Waals surface area contributed by atoms with E-state index in [-0.39, 0.29) is 12.1 Å². The van der Waals surface area contributed by atoms with Gasteiger partial charge in [0.1, 0.15) is 0 Å². The molecule has 3 heterocycles. The van der Waals surface area contributed by atoms with Crippen LogP contribution in [0.1, 0.15) is 36.8 Å². The molecular weight excluding hydrogens is 388 g/mol. The van der Waals surface area contributed by atoms with Crippen LogP contribution in [0.15, 0.2) is 85.2 Å². The van der Waals surface area contributed by atoms with E-state index in [4.69, 9.17) is 12.2 Å². The van der Waals surface area contributed by atoms with E-state index in [2.05, 4.69) is 93.6 Å². The summed E-state index contributed by atoms with van der Waals surface area (Å²) < 4.78 is 2.28. The van der Waals surface area contributed by atoms with E-state index < -0.39 is 0 Å². The van der Waals surface area contributed by atoms with Crippen molar-refractivity contribution in [3.8, 4) is 5.69 Å². The third-order valence-corrected chi connectivity index (χ3v) is 6.11. The third-order valence-electron chi connectivity index (χ3n) is 5.76. The quantitative estimate of drug-likeness (QED) is 0.445. The second-order valence-corrected chi connectivity index (χ2v) is 8.04. The van der Waals surface area contributed by atoms with Gasteiger partial charge in [-0.2, -0.15) is 0 Å². The van der Waals surface area contributed by atoms with Crippen molar-refractivity contribution in [3.63, 3.8) is 0 Å². The lowest BCUT2D eigenvalue weighted by Gasteiger charge is -2.28. The van der Waals surface area contributed by atoms with Gasteiger partial charge in [-0.15, -0.1) is 0 Å². The Balaban J connectivity index is 1.62. The van der Waals surface area contributed by atoms with Crippen LogP contribution in [0.4, 0.5) is 0 Å². The van der Waals surface area contributed by atoms with Gasteiger partial charge in [-0.3, -0.25) is 4.98 Å². The average molecular weight is 413 g/mol. The molecule has 0 radical (unpaired) electrons. The highest BCUT2D eigenvalue weighted by Crippen LogP contribution is 2.39. The van der Waals surface area contributed by atoms with Crippen LogP contribution < -0.4 is 5.32 Å². The van der Waals surface area contributed by atoms with E-state index in [1.54, 1.807) is 0 Å². The first-order valence-corrected chi connectivity index (χ1v) is 10.8. The minimum Gasteiger partial charge on any atom is -0.352 e. The van der Waals surface area contributed by atoms with E-state index >= 15 is 0 Å². The van der Waals surface area contributed by atoms with Crippen molar-refractivity contribution in [2.75, 3.05) is 6.54 Å². The second kappa shape index (κ2) is 7.92. The predicted octanol–water partition coefficient (Wildman–Crippen LogP) is 5.41. The van der Waals surface area contributed by atoms with Gasteiger partial charge >= 0.3 is 0 Å². The molecule has 5 heteroatoms. The summed E-state index contributed by atoms with van der Waals surface area (Å²) in [6.07, 6.45) is 5.02. The summed E-state index contributed by atoms with van der Waals surface area (Å²) >= 11 is 5.73. The van der Waals surface area contributed by atoms with Crippen LogP contribution in [0, 0.1) is 0 Å². The van der Waals surface area contributed by atoms with Crippen molar-refractivity contribution in [2.24, 2.45) is 0 Å². The van der Waals surface area contributed by atoms with Crippen molar-refractivity contribution in [1.82, 2.24) is 19.8 Å². The van der Waals surface area contributed by atoms with Gasteiger partial charge in [-0.05, 0) is 65.8 Å². The molecule has 0 unspecified atom stereocenters. The monoisotopic (exact) mass is 412 g/mol. The standard InChI is InChI=1S/C25H24N4S/c1-2-15-29-24(23(27-25(29)30)21-10-5-6-14-26-21)22-11-7-16-28(22)20-13-12-18-8-3-4-9-19(18)17-20/h3-14,16-17,23-24H,2,15H2,1H3,(H,27,30)/t23-,24-/m1/s1. The maximum atomic E-state index is 5.73. The number of rotatable bonds is 5. The molecule has 1 aliphatic heterocycles. The molecule has 150 valence electrons. The lowest BCUT2D eigenvalue weighted by Crippen LogP contribution is -2.31. The van der Waals surface area contributed by atoms with Gasteiger partial charge < -0.3 is 14.8 Å². The lowest BCUT2D eigenvalue weighted by atomic mass is 10.0. The fourth-order valence-electron chi connectivity index (χ4n) is 4.41. The maximum Gasteiger partial charge on any atom is 0.170 e. The summed E-state index contributed by atoms with van der Waals surface area (Å²) in [6, 6.07) is 25.6. The van der Waals surface area contributed by atoms with Gasteiger partial charge in [0.2, 0.25) is 0 Å². The van der Waals surface area contributed by atoms with Gasteiger partial charge in [-0.1, -0.05) is 43.3 Å². The fourth-order valence-corrected chi connectivity index (χ4v) is 4.74. The molecule has 1 fully saturated rings. The van der Waals surface area contributed by atoms with Crippen molar-refractivity contribution in [1.29, 1.82) is 0 Å². The summed E-state index contributed by atoms with van der Waals surface area (Å²) in [4.78, 5) is 6.94. The molecule has 1 aliphatic rings. The molecule has 5 rings (SSSR count). The number of hydrogen-bond acceptors (Lipinski definition) is 2. The van der Waals surface area contributed by atoms with Crippen LogP contribution in [0.2, 0.25) is 0 Å². The largest absolute Gasteiger partial charge is 0.352 e. The van der Waals surface area contributed by atoms with E-state index in [0.717, 1.165) is 29.5 Å². The zero-order valence-corrected chi connectivity index (χ0v) is 17.7. The summed E-state index contributed by atoms with van der Waals surface area (Å²) in [5.74, 6) is 0.